The van der Waals surface area contributed by atoms with Gasteiger partial charge in [-0.15, -0.1) is 0 Å². The van der Waals surface area contributed by atoms with E-state index in [1.807, 2.05) is 25.2 Å². The molecule has 2 amide bonds. The largest absolute Gasteiger partial charge is 0.333 e. The highest BCUT2D eigenvalue weighted by molar-refractivity contribution is 5.95. The van der Waals surface area contributed by atoms with Crippen molar-refractivity contribution < 1.29 is 18.4 Å². The van der Waals surface area contributed by atoms with Gasteiger partial charge in [0.15, 0.2) is 11.6 Å². The summed E-state index contributed by atoms with van der Waals surface area (Å²) in [7, 11) is 1.99. The van der Waals surface area contributed by atoms with E-state index in [4.69, 9.17) is 0 Å². The summed E-state index contributed by atoms with van der Waals surface area (Å²) in [4.78, 5) is 40.4. The van der Waals surface area contributed by atoms with Crippen LogP contribution in [0, 0.1) is 11.6 Å². The minimum Gasteiger partial charge on any atom is -0.333 e. The fourth-order valence-electron chi connectivity index (χ4n) is 4.35. The molecule has 0 fully saturated rings. The van der Waals surface area contributed by atoms with E-state index in [0.29, 0.717) is 48.2 Å². The van der Waals surface area contributed by atoms with Gasteiger partial charge in [-0.1, -0.05) is 19.1 Å². The predicted octanol–water partition coefficient (Wildman–Crippen LogP) is 4.02. The molecule has 0 N–H and O–H groups in total. The Bertz CT molecular complexity index is 1240. The highest BCUT2D eigenvalue weighted by atomic mass is 19.2. The summed E-state index contributed by atoms with van der Waals surface area (Å²) in [5.41, 5.74) is 2.12. The first-order valence-electron chi connectivity index (χ1n) is 11.8. The molecule has 0 unspecified atom stereocenters. The van der Waals surface area contributed by atoms with Crippen molar-refractivity contribution >= 4 is 28.5 Å². The van der Waals surface area contributed by atoms with E-state index in [1.54, 1.807) is 17.9 Å². The van der Waals surface area contributed by atoms with Gasteiger partial charge in [-0.3, -0.25) is 14.6 Å². The maximum atomic E-state index is 14.3. The number of halogens is 2. The first kappa shape index (κ1) is 24.7. The molecule has 35 heavy (non-hydrogen) atoms. The summed E-state index contributed by atoms with van der Waals surface area (Å²) in [5, 5.41) is 0. The van der Waals surface area contributed by atoms with Gasteiger partial charge in [-0.2, -0.15) is 0 Å². The molecule has 2 aromatic carbocycles. The van der Waals surface area contributed by atoms with Crippen LogP contribution in [0.1, 0.15) is 42.2 Å². The summed E-state index contributed by atoms with van der Waals surface area (Å²) in [6, 6.07) is 9.42. The number of hydrogen-bond donors (Lipinski definition) is 0. The number of hydrogen-bond acceptors (Lipinski definition) is 5. The first-order chi connectivity index (χ1) is 16.9. The monoisotopic (exact) mass is 481 g/mol. The highest BCUT2D eigenvalue weighted by Gasteiger charge is 2.25. The van der Waals surface area contributed by atoms with Crippen LogP contribution in [0.2, 0.25) is 0 Å². The number of para-hydroxylation sites is 2. The van der Waals surface area contributed by atoms with Crippen LogP contribution >= 0.6 is 0 Å². The number of carbonyl (C=O) groups excluding carboxylic acids is 2. The summed E-state index contributed by atoms with van der Waals surface area (Å²) < 4.78 is 28.7. The van der Waals surface area contributed by atoms with E-state index in [9.17, 15) is 18.4 Å². The van der Waals surface area contributed by atoms with Crippen LogP contribution in [0.4, 0.5) is 14.5 Å². The van der Waals surface area contributed by atoms with Gasteiger partial charge in [0.05, 0.1) is 22.9 Å². The molecule has 3 aromatic rings. The normalized spacial score (nSPS) is 15.9. The van der Waals surface area contributed by atoms with E-state index in [2.05, 4.69) is 14.9 Å². The van der Waals surface area contributed by atoms with Crippen molar-refractivity contribution in [3.05, 3.63) is 65.5 Å². The summed E-state index contributed by atoms with van der Waals surface area (Å²) in [6.07, 6.45) is 3.05. The predicted molar refractivity (Wildman–Crippen MR) is 130 cm³/mol. The number of aromatic nitrogens is 2. The van der Waals surface area contributed by atoms with Gasteiger partial charge in [-0.25, -0.2) is 13.8 Å². The van der Waals surface area contributed by atoms with Crippen LogP contribution in [-0.4, -0.2) is 64.8 Å². The van der Waals surface area contributed by atoms with Gasteiger partial charge in [0.1, 0.15) is 5.69 Å². The van der Waals surface area contributed by atoms with Gasteiger partial charge in [0.2, 0.25) is 5.91 Å². The quantitative estimate of drug-likeness (QED) is 0.553. The Morgan fingerprint density at radius 3 is 2.40 bits per heavy atom. The van der Waals surface area contributed by atoms with Crippen LogP contribution in [0.5, 0.6) is 0 Å². The molecular formula is C26H29F2N5O2. The third-order valence-electron chi connectivity index (χ3n) is 6.22. The van der Waals surface area contributed by atoms with Gasteiger partial charge in [0, 0.05) is 32.1 Å². The molecule has 0 bridgehead atoms. The van der Waals surface area contributed by atoms with Crippen LogP contribution in [0.3, 0.4) is 0 Å². The first-order valence-corrected chi connectivity index (χ1v) is 11.8. The number of fused-ring (bicyclic) bond motifs is 2. The Morgan fingerprint density at radius 1 is 0.971 bits per heavy atom. The smallest absolute Gasteiger partial charge is 0.274 e. The Kier molecular flexibility index (Phi) is 7.65. The maximum absolute atomic E-state index is 14.3. The van der Waals surface area contributed by atoms with Crippen LogP contribution in [-0.2, 0) is 11.3 Å². The third kappa shape index (κ3) is 5.62. The van der Waals surface area contributed by atoms with Crippen molar-refractivity contribution in [1.29, 1.82) is 0 Å². The van der Waals surface area contributed by atoms with Crippen molar-refractivity contribution in [3.8, 4) is 0 Å². The lowest BCUT2D eigenvalue weighted by molar-refractivity contribution is -0.118. The molecule has 0 atom stereocenters. The molecule has 1 aliphatic heterocycles. The molecule has 2 heterocycles. The van der Waals surface area contributed by atoms with Crippen molar-refractivity contribution in [2.24, 2.45) is 0 Å². The molecule has 0 radical (unpaired) electrons. The van der Waals surface area contributed by atoms with E-state index in [0.717, 1.165) is 25.2 Å². The SMILES string of the molecule is CCC(=O)N1CCCN(C)CCCN(C(=O)c2cnc3ccccc3n2)Cc2cc(F)c(F)cc21. The summed E-state index contributed by atoms with van der Waals surface area (Å²) in [6.45, 7) is 3.99. The Balaban J connectivity index is 1.75. The standard InChI is InChI=1S/C26H29F2N5O2/c1-3-25(34)33-13-7-11-31(2)10-6-12-32(17-18-14-19(27)20(28)15-24(18)33)26(35)23-16-29-21-8-4-5-9-22(21)30-23/h4-5,8-9,14-16H,3,6-7,10-13,17H2,1-2H3. The maximum Gasteiger partial charge on any atom is 0.274 e. The average molecular weight is 482 g/mol. The van der Waals surface area contributed by atoms with Gasteiger partial charge >= 0.3 is 0 Å². The lowest BCUT2D eigenvalue weighted by Gasteiger charge is -2.30. The zero-order chi connectivity index (χ0) is 24.9. The number of carbonyl (C=O) groups is 2. The molecule has 0 saturated heterocycles. The van der Waals surface area contributed by atoms with E-state index in [-0.39, 0.29) is 30.5 Å². The minimum absolute atomic E-state index is 0.0110. The number of benzene rings is 2. The Hall–Kier alpha value is -3.46. The summed E-state index contributed by atoms with van der Waals surface area (Å²) in [5.74, 6) is -2.58. The van der Waals surface area contributed by atoms with Crippen LogP contribution in [0.25, 0.3) is 11.0 Å². The fourth-order valence-corrected chi connectivity index (χ4v) is 4.35. The second kappa shape index (κ2) is 10.9. The zero-order valence-electron chi connectivity index (χ0n) is 20.0. The zero-order valence-corrected chi connectivity index (χ0v) is 20.0. The molecule has 0 spiro atoms. The van der Waals surface area contributed by atoms with Crippen LogP contribution in [0.15, 0.2) is 42.6 Å². The fraction of sp³-hybridized carbons (Fsp3) is 0.385. The molecule has 4 rings (SSSR count). The van der Waals surface area contributed by atoms with Gasteiger partial charge in [-0.05, 0) is 56.7 Å². The van der Waals surface area contributed by atoms with E-state index in [1.165, 1.54) is 11.1 Å². The molecule has 7 nitrogen and oxygen atoms in total. The highest BCUT2D eigenvalue weighted by Crippen LogP contribution is 2.28. The second-order valence-electron chi connectivity index (χ2n) is 8.78. The molecule has 1 aliphatic rings. The third-order valence-corrected chi connectivity index (χ3v) is 6.22. The molecular weight excluding hydrogens is 452 g/mol. The summed E-state index contributed by atoms with van der Waals surface area (Å²) >= 11 is 0. The van der Waals surface area contributed by atoms with Crippen molar-refractivity contribution in [2.75, 3.05) is 38.1 Å². The van der Waals surface area contributed by atoms with E-state index >= 15 is 0 Å². The molecule has 184 valence electrons. The van der Waals surface area contributed by atoms with Crippen molar-refractivity contribution in [3.63, 3.8) is 0 Å². The lowest BCUT2D eigenvalue weighted by atomic mass is 10.1. The number of nitrogens with zero attached hydrogens (tertiary/aromatic N) is 5. The van der Waals surface area contributed by atoms with Gasteiger partial charge in [0.25, 0.3) is 5.91 Å². The topological polar surface area (TPSA) is 69.6 Å². The molecule has 0 saturated carbocycles. The minimum atomic E-state index is -1.03. The molecule has 0 aliphatic carbocycles. The molecule has 1 aromatic heterocycles. The van der Waals surface area contributed by atoms with Crippen molar-refractivity contribution in [1.82, 2.24) is 19.8 Å². The Labute approximate surface area is 203 Å². The van der Waals surface area contributed by atoms with Gasteiger partial charge < -0.3 is 14.7 Å². The Morgan fingerprint density at radius 2 is 1.66 bits per heavy atom. The second-order valence-corrected chi connectivity index (χ2v) is 8.78. The number of anilines is 1. The van der Waals surface area contributed by atoms with Crippen LogP contribution < -0.4 is 4.90 Å². The number of amides is 2. The average Bonchev–Trinajstić information content (AvgIpc) is 2.86. The van der Waals surface area contributed by atoms with E-state index < -0.39 is 11.6 Å². The lowest BCUT2D eigenvalue weighted by Crippen LogP contribution is -2.38. The number of rotatable bonds is 2. The molecule has 9 heteroatoms. The van der Waals surface area contributed by atoms with Crippen molar-refractivity contribution in [2.45, 2.75) is 32.7 Å².